The molecule has 1 aliphatic rings. The molecule has 0 bridgehead atoms. The van der Waals surface area contributed by atoms with E-state index in [9.17, 15) is 14.7 Å². The van der Waals surface area contributed by atoms with Gasteiger partial charge in [-0.1, -0.05) is 25.5 Å². The van der Waals surface area contributed by atoms with Crippen LogP contribution in [-0.4, -0.2) is 44.9 Å². The van der Waals surface area contributed by atoms with Crippen LogP contribution in [0.1, 0.15) is 30.1 Å². The number of amides is 1. The number of aromatic nitrogens is 2. The van der Waals surface area contributed by atoms with Gasteiger partial charge in [-0.25, -0.2) is 4.98 Å². The van der Waals surface area contributed by atoms with Crippen LogP contribution in [0.15, 0.2) is 36.7 Å². The first kappa shape index (κ1) is 16.2. The molecule has 0 radical (unpaired) electrons. The van der Waals surface area contributed by atoms with E-state index in [0.717, 1.165) is 18.4 Å². The molecule has 1 saturated heterocycles. The second kappa shape index (κ2) is 6.86. The van der Waals surface area contributed by atoms with Crippen LogP contribution in [0.2, 0.25) is 0 Å². The van der Waals surface area contributed by atoms with Crippen molar-refractivity contribution in [3.8, 4) is 11.4 Å². The number of aliphatic carboxylic acids is 1. The van der Waals surface area contributed by atoms with Crippen molar-refractivity contribution in [3.63, 3.8) is 0 Å². The quantitative estimate of drug-likeness (QED) is 0.884. The summed E-state index contributed by atoms with van der Waals surface area (Å²) in [6.07, 6.45) is 5.14. The normalized spacial score (nSPS) is 20.3. The van der Waals surface area contributed by atoms with Gasteiger partial charge in [-0.05, 0) is 24.5 Å². The lowest BCUT2D eigenvalue weighted by Crippen LogP contribution is -2.29. The number of carbonyl (C=O) groups excluding carboxylic acids is 1. The van der Waals surface area contributed by atoms with Gasteiger partial charge in [-0.3, -0.25) is 9.59 Å². The van der Waals surface area contributed by atoms with Crippen LogP contribution in [0.25, 0.3) is 11.4 Å². The number of rotatable bonds is 5. The summed E-state index contributed by atoms with van der Waals surface area (Å²) in [6.45, 7) is 2.83. The highest BCUT2D eigenvalue weighted by Gasteiger charge is 2.39. The molecular weight excluding hydrogens is 306 g/mol. The molecule has 2 aromatic rings. The lowest BCUT2D eigenvalue weighted by atomic mass is 9.92. The average molecular weight is 327 g/mol. The maximum atomic E-state index is 12.8. The molecule has 126 valence electrons. The molecule has 1 aromatic carbocycles. The van der Waals surface area contributed by atoms with Gasteiger partial charge < -0.3 is 15.0 Å². The number of H-pyrrole nitrogens is 1. The van der Waals surface area contributed by atoms with Gasteiger partial charge in [0.2, 0.25) is 0 Å². The Kier molecular flexibility index (Phi) is 4.64. The summed E-state index contributed by atoms with van der Waals surface area (Å²) in [4.78, 5) is 33.1. The van der Waals surface area contributed by atoms with Gasteiger partial charge in [0.05, 0.1) is 5.92 Å². The first-order valence-corrected chi connectivity index (χ1v) is 8.22. The molecule has 2 atom stereocenters. The van der Waals surface area contributed by atoms with E-state index in [1.54, 1.807) is 29.4 Å². The number of nitrogens with zero attached hydrogens (tertiary/aromatic N) is 2. The molecule has 2 heterocycles. The van der Waals surface area contributed by atoms with Crippen molar-refractivity contribution in [1.29, 1.82) is 0 Å². The van der Waals surface area contributed by atoms with Crippen molar-refractivity contribution in [1.82, 2.24) is 14.9 Å². The lowest BCUT2D eigenvalue weighted by molar-refractivity contribution is -0.142. The fourth-order valence-electron chi connectivity index (χ4n) is 3.39. The van der Waals surface area contributed by atoms with Gasteiger partial charge in [0.25, 0.3) is 5.91 Å². The molecule has 0 saturated carbocycles. The summed E-state index contributed by atoms with van der Waals surface area (Å²) >= 11 is 0. The average Bonchev–Trinajstić information content (AvgIpc) is 3.24. The Morgan fingerprint density at radius 1 is 1.38 bits per heavy atom. The third-order valence-corrected chi connectivity index (χ3v) is 4.59. The number of imidazole rings is 1. The minimum atomic E-state index is -0.812. The summed E-state index contributed by atoms with van der Waals surface area (Å²) < 4.78 is 0. The van der Waals surface area contributed by atoms with Gasteiger partial charge in [0, 0.05) is 36.6 Å². The highest BCUT2D eigenvalue weighted by Crippen LogP contribution is 2.29. The Balaban J connectivity index is 1.80. The number of carbonyl (C=O) groups is 2. The number of hydrogen-bond donors (Lipinski definition) is 2. The minimum absolute atomic E-state index is 0.0321. The SMILES string of the molecule is CCCC1CN(C(=O)c2cccc(-c3ncc[nH]3)c2)CC1C(=O)O. The maximum Gasteiger partial charge on any atom is 0.308 e. The Morgan fingerprint density at radius 2 is 2.21 bits per heavy atom. The Morgan fingerprint density at radius 3 is 2.88 bits per heavy atom. The molecule has 6 nitrogen and oxygen atoms in total. The molecule has 6 heteroatoms. The highest BCUT2D eigenvalue weighted by atomic mass is 16.4. The van der Waals surface area contributed by atoms with Gasteiger partial charge in [-0.15, -0.1) is 0 Å². The standard InChI is InChI=1S/C18H21N3O3/c1-2-4-14-10-21(11-15(14)18(23)24)17(22)13-6-3-5-12(9-13)16-19-7-8-20-16/h3,5-9,14-15H,2,4,10-11H2,1H3,(H,19,20)(H,23,24). The maximum absolute atomic E-state index is 12.8. The van der Waals surface area contributed by atoms with Crippen LogP contribution >= 0.6 is 0 Å². The highest BCUT2D eigenvalue weighted by molar-refractivity contribution is 5.96. The van der Waals surface area contributed by atoms with E-state index in [1.807, 2.05) is 19.1 Å². The van der Waals surface area contributed by atoms with E-state index in [4.69, 9.17) is 0 Å². The third-order valence-electron chi connectivity index (χ3n) is 4.59. The van der Waals surface area contributed by atoms with E-state index in [0.29, 0.717) is 17.9 Å². The van der Waals surface area contributed by atoms with Gasteiger partial charge in [0.1, 0.15) is 5.82 Å². The van der Waals surface area contributed by atoms with E-state index >= 15 is 0 Å². The fourth-order valence-corrected chi connectivity index (χ4v) is 3.39. The Bertz CT molecular complexity index is 727. The molecule has 0 spiro atoms. The molecule has 1 fully saturated rings. The summed E-state index contributed by atoms with van der Waals surface area (Å²) in [5, 5.41) is 9.40. The number of carboxylic acids is 1. The predicted octanol–water partition coefficient (Wildman–Crippen LogP) is 2.65. The van der Waals surface area contributed by atoms with Crippen molar-refractivity contribution < 1.29 is 14.7 Å². The second-order valence-electron chi connectivity index (χ2n) is 6.22. The van der Waals surface area contributed by atoms with E-state index in [-0.39, 0.29) is 18.4 Å². The Labute approximate surface area is 140 Å². The summed E-state index contributed by atoms with van der Waals surface area (Å²) in [6, 6.07) is 7.26. The fraction of sp³-hybridized carbons (Fsp3) is 0.389. The zero-order chi connectivity index (χ0) is 17.1. The van der Waals surface area contributed by atoms with Crippen molar-refractivity contribution in [3.05, 3.63) is 42.2 Å². The van der Waals surface area contributed by atoms with Gasteiger partial charge >= 0.3 is 5.97 Å². The van der Waals surface area contributed by atoms with Crippen LogP contribution in [0.5, 0.6) is 0 Å². The Hall–Kier alpha value is -2.63. The zero-order valence-corrected chi connectivity index (χ0v) is 13.6. The summed E-state index contributed by atoms with van der Waals surface area (Å²) in [5.74, 6) is -0.661. The third kappa shape index (κ3) is 3.18. The van der Waals surface area contributed by atoms with Crippen molar-refractivity contribution in [2.75, 3.05) is 13.1 Å². The van der Waals surface area contributed by atoms with Gasteiger partial charge in [-0.2, -0.15) is 0 Å². The number of hydrogen-bond acceptors (Lipinski definition) is 3. The van der Waals surface area contributed by atoms with Crippen LogP contribution < -0.4 is 0 Å². The molecule has 2 unspecified atom stereocenters. The van der Waals surface area contributed by atoms with Gasteiger partial charge in [0.15, 0.2) is 0 Å². The molecule has 1 amide bonds. The lowest BCUT2D eigenvalue weighted by Gasteiger charge is -2.16. The largest absolute Gasteiger partial charge is 0.481 e. The topological polar surface area (TPSA) is 86.3 Å². The van der Waals surface area contributed by atoms with Crippen LogP contribution in [0.3, 0.4) is 0 Å². The molecule has 0 aliphatic carbocycles. The minimum Gasteiger partial charge on any atom is -0.481 e. The van der Waals surface area contributed by atoms with Crippen LogP contribution in [0.4, 0.5) is 0 Å². The van der Waals surface area contributed by atoms with Crippen LogP contribution in [0, 0.1) is 11.8 Å². The number of nitrogens with one attached hydrogen (secondary N) is 1. The molecule has 1 aromatic heterocycles. The number of aromatic amines is 1. The second-order valence-corrected chi connectivity index (χ2v) is 6.22. The number of benzene rings is 1. The molecule has 2 N–H and O–H groups in total. The molecule has 3 rings (SSSR count). The first-order chi connectivity index (χ1) is 11.6. The monoisotopic (exact) mass is 327 g/mol. The first-order valence-electron chi connectivity index (χ1n) is 8.22. The molecule has 1 aliphatic heterocycles. The molecular formula is C18H21N3O3. The number of carboxylic acid groups (broad SMARTS) is 1. The van der Waals surface area contributed by atoms with Crippen molar-refractivity contribution >= 4 is 11.9 Å². The van der Waals surface area contributed by atoms with E-state index < -0.39 is 11.9 Å². The summed E-state index contributed by atoms with van der Waals surface area (Å²) in [7, 11) is 0. The zero-order valence-electron chi connectivity index (χ0n) is 13.6. The van der Waals surface area contributed by atoms with Crippen molar-refractivity contribution in [2.45, 2.75) is 19.8 Å². The van der Waals surface area contributed by atoms with E-state index in [1.165, 1.54) is 0 Å². The predicted molar refractivity (Wildman–Crippen MR) is 89.5 cm³/mol. The molecule has 24 heavy (non-hydrogen) atoms. The van der Waals surface area contributed by atoms with E-state index in [2.05, 4.69) is 9.97 Å². The summed E-state index contributed by atoms with van der Waals surface area (Å²) in [5.41, 5.74) is 1.40. The smallest absolute Gasteiger partial charge is 0.308 e. The van der Waals surface area contributed by atoms with Crippen LogP contribution in [-0.2, 0) is 4.79 Å². The van der Waals surface area contributed by atoms with Crippen molar-refractivity contribution in [2.24, 2.45) is 11.8 Å². The number of likely N-dealkylation sites (tertiary alicyclic amines) is 1.